The minimum Gasteiger partial charge on any atom is -0.342 e. The topological polar surface area (TPSA) is 29.3 Å². The Bertz CT molecular complexity index is 593. The smallest absolute Gasteiger partial charge is 0.146 e. The van der Waals surface area contributed by atoms with Gasteiger partial charge in [0.1, 0.15) is 5.82 Å². The maximum atomic E-state index is 13.9. The van der Waals surface area contributed by atoms with E-state index in [0.29, 0.717) is 5.69 Å². The third-order valence-electron chi connectivity index (χ3n) is 3.35. The summed E-state index contributed by atoms with van der Waals surface area (Å²) in [7, 11) is 1.88. The molecule has 1 atom stereocenters. The number of aryl methyl sites for hydroxylation is 1. The van der Waals surface area contributed by atoms with E-state index in [0.717, 1.165) is 17.7 Å². The molecule has 2 nitrogen and oxygen atoms in total. The molecular formula is C17H21FN2. The lowest BCUT2D eigenvalue weighted by molar-refractivity contribution is 0.627. The fourth-order valence-corrected chi connectivity index (χ4v) is 2.41. The summed E-state index contributed by atoms with van der Waals surface area (Å²) in [6.07, 6.45) is 0.774. The van der Waals surface area contributed by atoms with E-state index in [1.807, 2.05) is 37.1 Å². The van der Waals surface area contributed by atoms with Crippen molar-refractivity contribution in [1.82, 2.24) is 0 Å². The van der Waals surface area contributed by atoms with E-state index in [-0.39, 0.29) is 11.9 Å². The van der Waals surface area contributed by atoms with Crippen molar-refractivity contribution in [2.24, 2.45) is 5.73 Å². The molecule has 2 N–H and O–H groups in total. The fraction of sp³-hybridized carbons (Fsp3) is 0.294. The second-order valence-corrected chi connectivity index (χ2v) is 5.32. The van der Waals surface area contributed by atoms with Crippen LogP contribution in [0.5, 0.6) is 0 Å². The van der Waals surface area contributed by atoms with E-state index >= 15 is 0 Å². The first-order valence-electron chi connectivity index (χ1n) is 6.82. The van der Waals surface area contributed by atoms with Crippen molar-refractivity contribution in [1.29, 1.82) is 0 Å². The van der Waals surface area contributed by atoms with Gasteiger partial charge in [-0.2, -0.15) is 0 Å². The van der Waals surface area contributed by atoms with Crippen LogP contribution in [0.3, 0.4) is 0 Å². The SMILES string of the molecule is Cc1ccc(N(C)c2ccccc2F)c(CC(C)N)c1. The molecule has 0 aliphatic carbocycles. The van der Waals surface area contributed by atoms with Crippen LogP contribution in [0.2, 0.25) is 0 Å². The van der Waals surface area contributed by atoms with Gasteiger partial charge in [-0.3, -0.25) is 0 Å². The molecule has 0 saturated carbocycles. The van der Waals surface area contributed by atoms with Crippen LogP contribution in [0.15, 0.2) is 42.5 Å². The molecule has 0 fully saturated rings. The maximum absolute atomic E-state index is 13.9. The highest BCUT2D eigenvalue weighted by Gasteiger charge is 2.13. The van der Waals surface area contributed by atoms with Crippen LogP contribution in [0, 0.1) is 12.7 Å². The number of nitrogens with zero attached hydrogens (tertiary/aromatic N) is 1. The van der Waals surface area contributed by atoms with E-state index in [9.17, 15) is 4.39 Å². The second kappa shape index (κ2) is 6.06. The number of hydrogen-bond acceptors (Lipinski definition) is 2. The van der Waals surface area contributed by atoms with Crippen molar-refractivity contribution < 1.29 is 4.39 Å². The lowest BCUT2D eigenvalue weighted by Crippen LogP contribution is -2.20. The van der Waals surface area contributed by atoms with Crippen molar-refractivity contribution >= 4 is 11.4 Å². The van der Waals surface area contributed by atoms with Gasteiger partial charge in [-0.05, 0) is 44.0 Å². The minimum absolute atomic E-state index is 0.0737. The molecule has 1 unspecified atom stereocenters. The van der Waals surface area contributed by atoms with E-state index < -0.39 is 0 Å². The van der Waals surface area contributed by atoms with Crippen molar-refractivity contribution in [2.45, 2.75) is 26.3 Å². The zero-order valence-electron chi connectivity index (χ0n) is 12.2. The molecule has 0 heterocycles. The number of hydrogen-bond donors (Lipinski definition) is 1. The van der Waals surface area contributed by atoms with Crippen molar-refractivity contribution in [2.75, 3.05) is 11.9 Å². The van der Waals surface area contributed by atoms with Crippen molar-refractivity contribution in [3.63, 3.8) is 0 Å². The summed E-state index contributed by atoms with van der Waals surface area (Å²) in [5.41, 5.74) is 9.82. The molecule has 0 saturated heterocycles. The third-order valence-corrected chi connectivity index (χ3v) is 3.35. The summed E-state index contributed by atoms with van der Waals surface area (Å²) in [5, 5.41) is 0. The number of rotatable bonds is 4. The maximum Gasteiger partial charge on any atom is 0.146 e. The average Bonchev–Trinajstić information content (AvgIpc) is 2.38. The molecule has 2 rings (SSSR count). The third kappa shape index (κ3) is 3.17. The summed E-state index contributed by atoms with van der Waals surface area (Å²) in [5.74, 6) is -0.220. The Morgan fingerprint density at radius 1 is 1.15 bits per heavy atom. The highest BCUT2D eigenvalue weighted by Crippen LogP contribution is 2.30. The Morgan fingerprint density at radius 2 is 1.85 bits per heavy atom. The number of benzene rings is 2. The van der Waals surface area contributed by atoms with Gasteiger partial charge in [-0.25, -0.2) is 4.39 Å². The van der Waals surface area contributed by atoms with Gasteiger partial charge in [0, 0.05) is 18.8 Å². The van der Waals surface area contributed by atoms with Crippen LogP contribution in [0.25, 0.3) is 0 Å². The van der Waals surface area contributed by atoms with Gasteiger partial charge in [-0.1, -0.05) is 29.8 Å². The molecule has 0 aliphatic rings. The molecule has 0 aliphatic heterocycles. The largest absolute Gasteiger partial charge is 0.342 e. The van der Waals surface area contributed by atoms with E-state index in [4.69, 9.17) is 5.73 Å². The van der Waals surface area contributed by atoms with Gasteiger partial charge in [-0.15, -0.1) is 0 Å². The molecule has 106 valence electrons. The van der Waals surface area contributed by atoms with E-state index in [1.165, 1.54) is 11.6 Å². The van der Waals surface area contributed by atoms with E-state index in [1.54, 1.807) is 12.1 Å². The van der Waals surface area contributed by atoms with Gasteiger partial charge in [0.25, 0.3) is 0 Å². The molecule has 3 heteroatoms. The molecule has 0 spiro atoms. The number of para-hydroxylation sites is 1. The van der Waals surface area contributed by atoms with Gasteiger partial charge in [0.15, 0.2) is 0 Å². The first-order chi connectivity index (χ1) is 9.49. The Hall–Kier alpha value is -1.87. The van der Waals surface area contributed by atoms with Crippen LogP contribution in [0.1, 0.15) is 18.1 Å². The summed E-state index contributed by atoms with van der Waals surface area (Å²) >= 11 is 0. The van der Waals surface area contributed by atoms with Gasteiger partial charge >= 0.3 is 0 Å². The van der Waals surface area contributed by atoms with Gasteiger partial charge in [0.2, 0.25) is 0 Å². The molecule has 20 heavy (non-hydrogen) atoms. The van der Waals surface area contributed by atoms with Gasteiger partial charge in [0.05, 0.1) is 5.69 Å². The Kier molecular flexibility index (Phi) is 4.40. The second-order valence-electron chi connectivity index (χ2n) is 5.32. The summed E-state index contributed by atoms with van der Waals surface area (Å²) in [6.45, 7) is 4.03. The summed E-state index contributed by atoms with van der Waals surface area (Å²) < 4.78 is 13.9. The molecule has 2 aromatic rings. The lowest BCUT2D eigenvalue weighted by Gasteiger charge is -2.24. The summed E-state index contributed by atoms with van der Waals surface area (Å²) in [4.78, 5) is 1.88. The number of nitrogens with two attached hydrogens (primary N) is 1. The normalized spacial score (nSPS) is 12.2. The highest BCUT2D eigenvalue weighted by atomic mass is 19.1. The highest BCUT2D eigenvalue weighted by molar-refractivity contribution is 5.66. The molecule has 0 amide bonds. The molecule has 0 radical (unpaired) electrons. The molecule has 2 aromatic carbocycles. The first-order valence-corrected chi connectivity index (χ1v) is 6.82. The zero-order valence-corrected chi connectivity index (χ0v) is 12.2. The molecular weight excluding hydrogens is 251 g/mol. The van der Waals surface area contributed by atoms with Crippen LogP contribution in [-0.4, -0.2) is 13.1 Å². The first kappa shape index (κ1) is 14.5. The van der Waals surface area contributed by atoms with Crippen LogP contribution < -0.4 is 10.6 Å². The summed E-state index contributed by atoms with van der Waals surface area (Å²) in [6, 6.07) is 13.1. The Morgan fingerprint density at radius 3 is 2.50 bits per heavy atom. The van der Waals surface area contributed by atoms with Gasteiger partial charge < -0.3 is 10.6 Å². The number of anilines is 2. The van der Waals surface area contributed by atoms with E-state index in [2.05, 4.69) is 13.0 Å². The monoisotopic (exact) mass is 272 g/mol. The van der Waals surface area contributed by atoms with Crippen molar-refractivity contribution in [3.05, 3.63) is 59.4 Å². The predicted octanol–water partition coefficient (Wildman–Crippen LogP) is 3.79. The number of halogens is 1. The quantitative estimate of drug-likeness (QED) is 0.917. The fourth-order valence-electron chi connectivity index (χ4n) is 2.41. The zero-order chi connectivity index (χ0) is 14.7. The Balaban J connectivity index is 2.44. The lowest BCUT2D eigenvalue weighted by atomic mass is 10.0. The average molecular weight is 272 g/mol. The van der Waals surface area contributed by atoms with Crippen LogP contribution in [0.4, 0.5) is 15.8 Å². The van der Waals surface area contributed by atoms with Crippen molar-refractivity contribution in [3.8, 4) is 0 Å². The molecule has 0 bridgehead atoms. The van der Waals surface area contributed by atoms with Crippen LogP contribution in [-0.2, 0) is 6.42 Å². The predicted molar refractivity (Wildman–Crippen MR) is 83.0 cm³/mol. The molecule has 0 aromatic heterocycles. The van der Waals surface area contributed by atoms with Crippen LogP contribution >= 0.6 is 0 Å². The standard InChI is InChI=1S/C17H21FN2/c1-12-8-9-16(14(10-12)11-13(2)19)20(3)17-7-5-4-6-15(17)18/h4-10,13H,11,19H2,1-3H3. The Labute approximate surface area is 120 Å². The minimum atomic E-state index is -0.220.